The first-order valence-corrected chi connectivity index (χ1v) is 6.83. The van der Waals surface area contributed by atoms with E-state index in [2.05, 4.69) is 0 Å². The molecule has 1 rings (SSSR count). The zero-order chi connectivity index (χ0) is 12.3. The molecular formula is C11H18NO3P. The first kappa shape index (κ1) is 13.2. The maximum absolute atomic E-state index is 11.8. The molecule has 1 aromatic carbocycles. The van der Waals surface area contributed by atoms with Crippen molar-refractivity contribution in [2.24, 2.45) is 0 Å². The van der Waals surface area contributed by atoms with E-state index < -0.39 is 7.60 Å². The van der Waals surface area contributed by atoms with Gasteiger partial charge in [0.25, 0.3) is 0 Å². The molecule has 0 bridgehead atoms. The molecule has 0 fully saturated rings. The third-order valence-electron chi connectivity index (χ3n) is 2.26. The summed E-state index contributed by atoms with van der Waals surface area (Å²) in [6.07, 6.45) is 0. The van der Waals surface area contributed by atoms with Crippen molar-refractivity contribution in [2.75, 3.05) is 12.3 Å². The topological polar surface area (TPSA) is 72.5 Å². The van der Waals surface area contributed by atoms with Gasteiger partial charge in [0, 0.05) is 5.69 Å². The van der Waals surface area contributed by atoms with Gasteiger partial charge in [0.15, 0.2) is 0 Å². The molecule has 3 N–H and O–H groups in total. The summed E-state index contributed by atoms with van der Waals surface area (Å²) in [5.41, 5.74) is 7.12. The van der Waals surface area contributed by atoms with Gasteiger partial charge in [-0.3, -0.25) is 4.57 Å². The average molecular weight is 243 g/mol. The molecule has 90 valence electrons. The first-order valence-electron chi connectivity index (χ1n) is 5.25. The fraction of sp³-hybridized carbons (Fsp3) is 0.455. The van der Waals surface area contributed by atoms with Crippen LogP contribution in [-0.2, 0) is 9.09 Å². The second-order valence-electron chi connectivity index (χ2n) is 3.95. The zero-order valence-electron chi connectivity index (χ0n) is 9.80. The van der Waals surface area contributed by atoms with Crippen LogP contribution in [0.1, 0.15) is 32.3 Å². The summed E-state index contributed by atoms with van der Waals surface area (Å²) in [6, 6.07) is 4.97. The number of anilines is 1. The normalized spacial score (nSPS) is 15.1. The molecule has 5 heteroatoms. The minimum atomic E-state index is -3.72. The van der Waals surface area contributed by atoms with E-state index in [1.807, 2.05) is 13.8 Å². The van der Waals surface area contributed by atoms with Crippen molar-refractivity contribution >= 4 is 18.6 Å². The summed E-state index contributed by atoms with van der Waals surface area (Å²) in [6.45, 7) is 5.88. The van der Waals surface area contributed by atoms with Gasteiger partial charge in [-0.05, 0) is 36.6 Å². The largest absolute Gasteiger partial charge is 0.399 e. The Morgan fingerprint density at radius 3 is 2.56 bits per heavy atom. The lowest BCUT2D eigenvalue weighted by Gasteiger charge is -2.14. The maximum Gasteiger partial charge on any atom is 0.358 e. The minimum Gasteiger partial charge on any atom is -0.399 e. The minimum absolute atomic E-state index is 0.194. The number of nitrogens with two attached hydrogens (primary N) is 1. The van der Waals surface area contributed by atoms with Gasteiger partial charge in [-0.25, -0.2) is 0 Å². The molecule has 1 atom stereocenters. The van der Waals surface area contributed by atoms with E-state index in [-0.39, 0.29) is 17.8 Å². The average Bonchev–Trinajstić information content (AvgIpc) is 2.16. The smallest absolute Gasteiger partial charge is 0.358 e. The van der Waals surface area contributed by atoms with Crippen LogP contribution in [0.5, 0.6) is 0 Å². The predicted octanol–water partition coefficient (Wildman–Crippen LogP) is 2.24. The van der Waals surface area contributed by atoms with E-state index in [9.17, 15) is 9.46 Å². The lowest BCUT2D eigenvalue weighted by atomic mass is 10.0. The van der Waals surface area contributed by atoms with Crippen LogP contribution in [0.4, 0.5) is 5.69 Å². The van der Waals surface area contributed by atoms with Crippen molar-refractivity contribution in [3.63, 3.8) is 0 Å². The van der Waals surface area contributed by atoms with E-state index in [1.165, 1.54) is 6.07 Å². The molecule has 1 unspecified atom stereocenters. The summed E-state index contributed by atoms with van der Waals surface area (Å²) in [7, 11) is -3.72. The van der Waals surface area contributed by atoms with E-state index in [1.54, 1.807) is 19.1 Å². The molecule has 0 amide bonds. The molecule has 0 aliphatic heterocycles. The molecular weight excluding hydrogens is 225 g/mol. The van der Waals surface area contributed by atoms with Crippen molar-refractivity contribution in [3.8, 4) is 0 Å². The van der Waals surface area contributed by atoms with Crippen LogP contribution in [-0.4, -0.2) is 11.5 Å². The quantitative estimate of drug-likeness (QED) is 0.628. The molecule has 0 spiro atoms. The Morgan fingerprint density at radius 1 is 1.44 bits per heavy atom. The number of nitrogen functional groups attached to an aromatic ring is 1. The van der Waals surface area contributed by atoms with Gasteiger partial charge in [0.05, 0.1) is 11.9 Å². The molecule has 1 aromatic rings. The van der Waals surface area contributed by atoms with Crippen LogP contribution >= 0.6 is 7.60 Å². The van der Waals surface area contributed by atoms with E-state index in [0.717, 1.165) is 5.56 Å². The second kappa shape index (κ2) is 5.00. The molecule has 0 radical (unpaired) electrons. The van der Waals surface area contributed by atoms with Crippen molar-refractivity contribution in [1.29, 1.82) is 0 Å². The van der Waals surface area contributed by atoms with Crippen LogP contribution in [0.25, 0.3) is 0 Å². The van der Waals surface area contributed by atoms with Crippen LogP contribution in [0, 0.1) is 0 Å². The predicted molar refractivity (Wildman–Crippen MR) is 66.0 cm³/mol. The number of benzene rings is 1. The van der Waals surface area contributed by atoms with Crippen molar-refractivity contribution in [3.05, 3.63) is 23.8 Å². The zero-order valence-corrected chi connectivity index (χ0v) is 10.7. The molecule has 0 aliphatic rings. The van der Waals surface area contributed by atoms with Crippen LogP contribution in [0.2, 0.25) is 0 Å². The Kier molecular flexibility index (Phi) is 4.14. The Balaban J connectivity index is 3.19. The Labute approximate surface area is 96.0 Å². The molecule has 0 saturated carbocycles. The van der Waals surface area contributed by atoms with Crippen LogP contribution in [0.3, 0.4) is 0 Å². The molecule has 0 saturated heterocycles. The third-order valence-corrected chi connectivity index (χ3v) is 3.78. The fourth-order valence-corrected chi connectivity index (χ4v) is 2.53. The molecule has 4 nitrogen and oxygen atoms in total. The monoisotopic (exact) mass is 243 g/mol. The van der Waals surface area contributed by atoms with Gasteiger partial charge in [-0.15, -0.1) is 0 Å². The standard InChI is InChI=1S/C11H18NO3P/c1-4-15-16(13,14)11-6-9(8(2)3)5-10(12)7-11/h5-8H,4,12H2,1-3H3,(H,13,14). The summed E-state index contributed by atoms with van der Waals surface area (Å²) >= 11 is 0. The van der Waals surface area contributed by atoms with Gasteiger partial charge >= 0.3 is 7.60 Å². The molecule has 16 heavy (non-hydrogen) atoms. The lowest BCUT2D eigenvalue weighted by molar-refractivity contribution is 0.284. The summed E-state index contributed by atoms with van der Waals surface area (Å²) < 4.78 is 16.7. The van der Waals surface area contributed by atoms with Crippen molar-refractivity contribution in [1.82, 2.24) is 0 Å². The highest BCUT2D eigenvalue weighted by atomic mass is 31.2. The maximum atomic E-state index is 11.8. The third kappa shape index (κ3) is 3.08. The van der Waals surface area contributed by atoms with Crippen LogP contribution < -0.4 is 11.0 Å². The Bertz CT molecular complexity index is 418. The highest BCUT2D eigenvalue weighted by molar-refractivity contribution is 7.61. The van der Waals surface area contributed by atoms with E-state index >= 15 is 0 Å². The van der Waals surface area contributed by atoms with Crippen LogP contribution in [0.15, 0.2) is 18.2 Å². The number of hydrogen-bond acceptors (Lipinski definition) is 3. The second-order valence-corrected chi connectivity index (χ2v) is 5.77. The Hall–Kier alpha value is -0.830. The van der Waals surface area contributed by atoms with Crippen molar-refractivity contribution in [2.45, 2.75) is 26.7 Å². The van der Waals surface area contributed by atoms with E-state index in [0.29, 0.717) is 5.69 Å². The van der Waals surface area contributed by atoms with Gasteiger partial charge in [-0.2, -0.15) is 0 Å². The SMILES string of the molecule is CCOP(=O)(O)c1cc(N)cc(C(C)C)c1. The Morgan fingerprint density at radius 2 is 2.06 bits per heavy atom. The highest BCUT2D eigenvalue weighted by Crippen LogP contribution is 2.41. The summed E-state index contributed by atoms with van der Waals surface area (Å²) in [5, 5.41) is 0.262. The van der Waals surface area contributed by atoms with Gasteiger partial charge < -0.3 is 15.2 Å². The molecule has 0 heterocycles. The summed E-state index contributed by atoms with van der Waals surface area (Å²) in [4.78, 5) is 9.69. The van der Waals surface area contributed by atoms with Crippen molar-refractivity contribution < 1.29 is 14.0 Å². The van der Waals surface area contributed by atoms with E-state index in [4.69, 9.17) is 10.3 Å². The molecule has 0 aliphatic carbocycles. The van der Waals surface area contributed by atoms with Gasteiger partial charge in [0.1, 0.15) is 0 Å². The lowest BCUT2D eigenvalue weighted by Crippen LogP contribution is -2.10. The van der Waals surface area contributed by atoms with Gasteiger partial charge in [0.2, 0.25) is 0 Å². The van der Waals surface area contributed by atoms with Gasteiger partial charge in [-0.1, -0.05) is 13.8 Å². The fourth-order valence-electron chi connectivity index (χ4n) is 1.40. The number of rotatable bonds is 4. The summed E-state index contributed by atoms with van der Waals surface area (Å²) in [5.74, 6) is 0.254. The first-order chi connectivity index (χ1) is 7.36. The number of hydrogen-bond donors (Lipinski definition) is 2. The molecule has 0 aromatic heterocycles. The highest BCUT2D eigenvalue weighted by Gasteiger charge is 2.23.